The number of amides is 1. The van der Waals surface area contributed by atoms with Crippen LogP contribution in [0, 0.1) is 0 Å². The number of carbonyl (C=O) groups is 1. The number of rotatable bonds is 1. The summed E-state index contributed by atoms with van der Waals surface area (Å²) in [6.45, 7) is 0. The Kier molecular flexibility index (Phi) is 2.97. The Bertz CT molecular complexity index is 1140. The van der Waals surface area contributed by atoms with Crippen LogP contribution in [-0.2, 0) is 0 Å². The van der Waals surface area contributed by atoms with Gasteiger partial charge in [0.1, 0.15) is 0 Å². The minimum absolute atomic E-state index is 0.398. The molecular formula is C19H11N3O. The highest BCUT2D eigenvalue weighted by molar-refractivity contribution is 6.20. The fourth-order valence-electron chi connectivity index (χ4n) is 3.07. The van der Waals surface area contributed by atoms with Crippen LogP contribution in [0.4, 0.5) is 0 Å². The van der Waals surface area contributed by atoms with Gasteiger partial charge in [-0.25, -0.2) is 0 Å². The molecule has 0 N–H and O–H groups in total. The van der Waals surface area contributed by atoms with Crippen LogP contribution in [0.1, 0.15) is 10.4 Å². The number of fused-ring (bicyclic) bond motifs is 5. The molecular weight excluding hydrogens is 286 g/mol. The highest BCUT2D eigenvalue weighted by Crippen LogP contribution is 2.32. The van der Waals surface area contributed by atoms with E-state index in [0.29, 0.717) is 5.56 Å². The molecule has 4 nitrogen and oxygen atoms in total. The van der Waals surface area contributed by atoms with Crippen molar-refractivity contribution in [3.63, 3.8) is 0 Å². The number of nitrogens with zero attached hydrogens (tertiary/aromatic N) is 3. The van der Waals surface area contributed by atoms with Gasteiger partial charge in [-0.05, 0) is 49.0 Å². The SMILES string of the molecule is [N-]=[N+]=NC(=O)c1ccc2c(ccc3ccc4ccccc4c32)c1. The molecule has 0 heterocycles. The maximum Gasteiger partial charge on any atom is 0.249 e. The molecule has 0 spiro atoms. The molecule has 0 saturated heterocycles. The summed E-state index contributed by atoms with van der Waals surface area (Å²) in [6.07, 6.45) is 0. The molecule has 108 valence electrons. The van der Waals surface area contributed by atoms with E-state index in [1.54, 1.807) is 12.1 Å². The van der Waals surface area contributed by atoms with Gasteiger partial charge in [0.05, 0.1) is 0 Å². The van der Waals surface area contributed by atoms with Crippen LogP contribution in [-0.4, -0.2) is 5.91 Å². The molecule has 0 aliphatic rings. The maximum absolute atomic E-state index is 11.7. The first-order chi connectivity index (χ1) is 11.3. The molecule has 0 aliphatic heterocycles. The summed E-state index contributed by atoms with van der Waals surface area (Å²) in [6, 6.07) is 21.9. The minimum Gasteiger partial charge on any atom is -0.287 e. The van der Waals surface area contributed by atoms with E-state index in [4.69, 9.17) is 5.53 Å². The van der Waals surface area contributed by atoms with E-state index >= 15 is 0 Å². The third-order valence-corrected chi connectivity index (χ3v) is 4.11. The quantitative estimate of drug-likeness (QED) is 0.195. The Morgan fingerprint density at radius 2 is 1.52 bits per heavy atom. The van der Waals surface area contributed by atoms with E-state index in [1.807, 2.05) is 30.3 Å². The monoisotopic (exact) mass is 297 g/mol. The molecule has 1 amide bonds. The van der Waals surface area contributed by atoms with E-state index in [-0.39, 0.29) is 0 Å². The van der Waals surface area contributed by atoms with Crippen molar-refractivity contribution in [2.24, 2.45) is 5.11 Å². The second-order valence-corrected chi connectivity index (χ2v) is 5.38. The van der Waals surface area contributed by atoms with Gasteiger partial charge in [0.2, 0.25) is 5.91 Å². The molecule has 0 fully saturated rings. The van der Waals surface area contributed by atoms with Gasteiger partial charge in [0.25, 0.3) is 0 Å². The van der Waals surface area contributed by atoms with Crippen molar-refractivity contribution >= 4 is 38.2 Å². The zero-order valence-electron chi connectivity index (χ0n) is 12.1. The topological polar surface area (TPSA) is 65.8 Å². The van der Waals surface area contributed by atoms with E-state index in [2.05, 4.69) is 34.3 Å². The van der Waals surface area contributed by atoms with Crippen LogP contribution in [0.25, 0.3) is 42.8 Å². The van der Waals surface area contributed by atoms with Crippen molar-refractivity contribution in [1.29, 1.82) is 0 Å². The smallest absolute Gasteiger partial charge is 0.249 e. The highest BCUT2D eigenvalue weighted by atomic mass is 16.1. The molecule has 4 rings (SSSR count). The summed E-state index contributed by atoms with van der Waals surface area (Å²) in [5.41, 5.74) is 8.81. The van der Waals surface area contributed by atoms with Crippen LogP contribution in [0.2, 0.25) is 0 Å². The number of hydrogen-bond acceptors (Lipinski definition) is 1. The van der Waals surface area contributed by atoms with Crippen molar-refractivity contribution in [2.75, 3.05) is 0 Å². The summed E-state index contributed by atoms with van der Waals surface area (Å²) in [5.74, 6) is -0.563. The molecule has 0 aliphatic carbocycles. The average molecular weight is 297 g/mol. The molecule has 0 radical (unpaired) electrons. The van der Waals surface area contributed by atoms with Crippen molar-refractivity contribution in [2.45, 2.75) is 0 Å². The molecule has 0 atom stereocenters. The number of carbonyl (C=O) groups excluding carboxylic acids is 1. The number of azide groups is 1. The van der Waals surface area contributed by atoms with Gasteiger partial charge in [0, 0.05) is 10.5 Å². The van der Waals surface area contributed by atoms with E-state index < -0.39 is 5.91 Å². The number of hydrogen-bond donors (Lipinski definition) is 0. The lowest BCUT2D eigenvalue weighted by atomic mass is 9.95. The Morgan fingerprint density at radius 3 is 2.35 bits per heavy atom. The van der Waals surface area contributed by atoms with Crippen LogP contribution < -0.4 is 0 Å². The van der Waals surface area contributed by atoms with Gasteiger partial charge in [-0.2, -0.15) is 0 Å². The van der Waals surface area contributed by atoms with E-state index in [0.717, 1.165) is 16.2 Å². The predicted molar refractivity (Wildman–Crippen MR) is 92.4 cm³/mol. The lowest BCUT2D eigenvalue weighted by Crippen LogP contribution is -1.93. The lowest BCUT2D eigenvalue weighted by Gasteiger charge is -2.08. The molecule has 4 aromatic carbocycles. The van der Waals surface area contributed by atoms with Crippen molar-refractivity contribution in [1.82, 2.24) is 0 Å². The normalized spacial score (nSPS) is 10.8. The van der Waals surface area contributed by atoms with E-state index in [9.17, 15) is 4.79 Å². The molecule has 4 aromatic rings. The molecule has 0 unspecified atom stereocenters. The largest absolute Gasteiger partial charge is 0.287 e. The maximum atomic E-state index is 11.7. The summed E-state index contributed by atoms with van der Waals surface area (Å²) in [5, 5.41) is 9.88. The van der Waals surface area contributed by atoms with Gasteiger partial charge >= 0.3 is 0 Å². The molecule has 4 heteroatoms. The Morgan fingerprint density at radius 1 is 0.826 bits per heavy atom. The van der Waals surface area contributed by atoms with Gasteiger partial charge in [-0.1, -0.05) is 60.7 Å². The van der Waals surface area contributed by atoms with Crippen molar-refractivity contribution in [3.05, 3.63) is 82.7 Å². The first-order valence-corrected chi connectivity index (χ1v) is 7.21. The Hall–Kier alpha value is -3.36. The first-order valence-electron chi connectivity index (χ1n) is 7.21. The van der Waals surface area contributed by atoms with Crippen LogP contribution in [0.3, 0.4) is 0 Å². The summed E-state index contributed by atoms with van der Waals surface area (Å²) in [4.78, 5) is 14.3. The predicted octanol–water partition coefficient (Wildman–Crippen LogP) is 5.60. The minimum atomic E-state index is -0.563. The van der Waals surface area contributed by atoms with E-state index in [1.165, 1.54) is 16.2 Å². The third kappa shape index (κ3) is 2.09. The van der Waals surface area contributed by atoms with Gasteiger partial charge < -0.3 is 0 Å². The highest BCUT2D eigenvalue weighted by Gasteiger charge is 2.08. The third-order valence-electron chi connectivity index (χ3n) is 4.11. The first kappa shape index (κ1) is 13.3. The summed E-state index contributed by atoms with van der Waals surface area (Å²) < 4.78 is 0. The summed E-state index contributed by atoms with van der Waals surface area (Å²) in [7, 11) is 0. The Balaban J connectivity index is 2.10. The van der Waals surface area contributed by atoms with Crippen molar-refractivity contribution < 1.29 is 4.79 Å². The Labute approximate surface area is 131 Å². The van der Waals surface area contributed by atoms with Gasteiger partial charge in [-0.15, -0.1) is 0 Å². The second kappa shape index (κ2) is 5.13. The fourth-order valence-corrected chi connectivity index (χ4v) is 3.07. The van der Waals surface area contributed by atoms with Crippen molar-refractivity contribution in [3.8, 4) is 0 Å². The standard InChI is InChI=1S/C19H11N3O/c20-22-21-19(23)15-9-10-17-14(11-15)8-7-13-6-5-12-3-1-2-4-16(12)18(13)17/h1-11H. The zero-order chi connectivity index (χ0) is 15.8. The molecule has 23 heavy (non-hydrogen) atoms. The average Bonchev–Trinajstić information content (AvgIpc) is 2.60. The zero-order valence-corrected chi connectivity index (χ0v) is 12.1. The van der Waals surface area contributed by atoms with Crippen LogP contribution >= 0.6 is 0 Å². The van der Waals surface area contributed by atoms with Crippen LogP contribution in [0.15, 0.2) is 71.8 Å². The summed E-state index contributed by atoms with van der Waals surface area (Å²) >= 11 is 0. The van der Waals surface area contributed by atoms with Gasteiger partial charge in [0.15, 0.2) is 0 Å². The number of benzene rings is 4. The van der Waals surface area contributed by atoms with Crippen LogP contribution in [0.5, 0.6) is 0 Å². The molecule has 0 bridgehead atoms. The molecule has 0 aromatic heterocycles. The lowest BCUT2D eigenvalue weighted by molar-refractivity contribution is 0.100. The molecule has 0 saturated carbocycles. The fraction of sp³-hybridized carbons (Fsp3) is 0. The second-order valence-electron chi connectivity index (χ2n) is 5.38. The van der Waals surface area contributed by atoms with Gasteiger partial charge in [-0.3, -0.25) is 4.79 Å².